The lowest BCUT2D eigenvalue weighted by molar-refractivity contribution is -0.385. The van der Waals surface area contributed by atoms with Crippen LogP contribution in [0.15, 0.2) is 18.2 Å². The summed E-state index contributed by atoms with van der Waals surface area (Å²) < 4.78 is 13.6. The molecule has 0 bridgehead atoms. The molecule has 1 amide bonds. The van der Waals surface area contributed by atoms with Gasteiger partial charge < -0.3 is 10.6 Å². The average molecular weight is 311 g/mol. The number of aromatic nitrogens is 2. The number of nitro groups is 1. The third-order valence-corrected chi connectivity index (χ3v) is 3.24. The van der Waals surface area contributed by atoms with Gasteiger partial charge in [0, 0.05) is 12.6 Å². The third-order valence-electron chi connectivity index (χ3n) is 2.36. The molecule has 21 heavy (non-hydrogen) atoms. The number of rotatable bonds is 5. The molecule has 0 aliphatic rings. The quantitative estimate of drug-likeness (QED) is 0.647. The molecule has 2 N–H and O–H groups in total. The molecule has 1 heterocycles. The van der Waals surface area contributed by atoms with Gasteiger partial charge >= 0.3 is 0 Å². The molecule has 1 aromatic heterocycles. The molecule has 2 aromatic rings. The van der Waals surface area contributed by atoms with Crippen LogP contribution < -0.4 is 10.6 Å². The topological polar surface area (TPSA) is 110 Å². The van der Waals surface area contributed by atoms with Crippen molar-refractivity contribution in [1.82, 2.24) is 10.2 Å². The summed E-state index contributed by atoms with van der Waals surface area (Å²) in [6.07, 6.45) is 0. The van der Waals surface area contributed by atoms with Gasteiger partial charge in [0.1, 0.15) is 0 Å². The Hall–Kier alpha value is -2.62. The van der Waals surface area contributed by atoms with Crippen LogP contribution in [0.25, 0.3) is 0 Å². The Bertz CT molecular complexity index is 690. The maximum Gasteiger partial charge on any atom is 0.286 e. The summed E-state index contributed by atoms with van der Waals surface area (Å²) in [5.74, 6) is -1.53. The van der Waals surface area contributed by atoms with Crippen LogP contribution in [-0.2, 0) is 0 Å². The summed E-state index contributed by atoms with van der Waals surface area (Å²) in [7, 11) is 0. The van der Waals surface area contributed by atoms with Crippen LogP contribution in [0.2, 0.25) is 0 Å². The van der Waals surface area contributed by atoms with Crippen molar-refractivity contribution in [3.8, 4) is 0 Å². The second-order valence-corrected chi connectivity index (χ2v) is 4.80. The van der Waals surface area contributed by atoms with Gasteiger partial charge in [-0.05, 0) is 13.0 Å². The normalized spacial score (nSPS) is 10.2. The van der Waals surface area contributed by atoms with Crippen molar-refractivity contribution in [3.63, 3.8) is 0 Å². The summed E-state index contributed by atoms with van der Waals surface area (Å²) >= 11 is 1.02. The third kappa shape index (κ3) is 3.48. The summed E-state index contributed by atoms with van der Waals surface area (Å²) in [6.45, 7) is 2.50. The van der Waals surface area contributed by atoms with Crippen molar-refractivity contribution >= 4 is 33.8 Å². The molecule has 0 saturated carbocycles. The number of nitrogens with zero attached hydrogens (tertiary/aromatic N) is 3. The zero-order valence-corrected chi connectivity index (χ0v) is 11.6. The lowest BCUT2D eigenvalue weighted by Gasteiger charge is -2.03. The molecule has 2 rings (SSSR count). The number of anilines is 2. The van der Waals surface area contributed by atoms with Crippen molar-refractivity contribution in [3.05, 3.63) is 39.1 Å². The van der Waals surface area contributed by atoms with E-state index in [1.165, 1.54) is 0 Å². The molecule has 0 saturated heterocycles. The molecule has 0 radical (unpaired) electrons. The number of benzene rings is 1. The predicted molar refractivity (Wildman–Crippen MR) is 75.1 cm³/mol. The van der Waals surface area contributed by atoms with Gasteiger partial charge in [0.15, 0.2) is 5.82 Å². The van der Waals surface area contributed by atoms with Crippen molar-refractivity contribution in [2.24, 2.45) is 0 Å². The Labute approximate surface area is 122 Å². The fraction of sp³-hybridized carbons (Fsp3) is 0.182. The molecule has 0 aliphatic heterocycles. The number of hydrogen-bond acceptors (Lipinski definition) is 7. The SMILES string of the molecule is CCNc1nnc(C(=O)Nc2ccc([N+](=O)[O-])cc2F)s1. The largest absolute Gasteiger partial charge is 0.360 e. The first-order valence-corrected chi connectivity index (χ1v) is 6.65. The number of carbonyl (C=O) groups excluding carboxylic acids is 1. The van der Waals surface area contributed by atoms with Crippen LogP contribution in [0, 0.1) is 15.9 Å². The first-order valence-electron chi connectivity index (χ1n) is 5.84. The standard InChI is InChI=1S/C11H10FN5O3S/c1-2-13-11-16-15-10(21-11)9(18)14-8-4-3-6(17(19)20)5-7(8)12/h3-5H,2H2,1H3,(H,13,16)(H,14,18). The van der Waals surface area contributed by atoms with Crippen molar-refractivity contribution in [2.75, 3.05) is 17.2 Å². The zero-order valence-electron chi connectivity index (χ0n) is 10.8. The van der Waals surface area contributed by atoms with Crippen LogP contribution in [0.4, 0.5) is 20.9 Å². The average Bonchev–Trinajstić information content (AvgIpc) is 2.90. The molecule has 0 aliphatic carbocycles. The number of nitrogens with one attached hydrogen (secondary N) is 2. The van der Waals surface area contributed by atoms with Gasteiger partial charge in [-0.3, -0.25) is 14.9 Å². The number of halogens is 1. The number of carbonyl (C=O) groups is 1. The van der Waals surface area contributed by atoms with Crippen molar-refractivity contribution in [2.45, 2.75) is 6.92 Å². The van der Waals surface area contributed by atoms with Crippen LogP contribution in [0.1, 0.15) is 16.7 Å². The molecular formula is C11H10FN5O3S. The maximum absolute atomic E-state index is 13.6. The lowest BCUT2D eigenvalue weighted by atomic mass is 10.2. The van der Waals surface area contributed by atoms with Gasteiger partial charge in [0.05, 0.1) is 16.7 Å². The van der Waals surface area contributed by atoms with Gasteiger partial charge in [-0.2, -0.15) is 0 Å². The van der Waals surface area contributed by atoms with Gasteiger partial charge in [-0.25, -0.2) is 4.39 Å². The monoisotopic (exact) mass is 311 g/mol. The Kier molecular flexibility index (Phi) is 4.38. The number of amides is 1. The minimum Gasteiger partial charge on any atom is -0.360 e. The van der Waals surface area contributed by atoms with Gasteiger partial charge in [-0.15, -0.1) is 10.2 Å². The van der Waals surface area contributed by atoms with Crippen molar-refractivity contribution in [1.29, 1.82) is 0 Å². The summed E-state index contributed by atoms with van der Waals surface area (Å²) in [5, 5.41) is 23.6. The highest BCUT2D eigenvalue weighted by Crippen LogP contribution is 2.22. The molecule has 0 unspecified atom stereocenters. The number of nitro benzene ring substituents is 1. The molecule has 1 aromatic carbocycles. The van der Waals surface area contributed by atoms with E-state index in [1.54, 1.807) is 0 Å². The highest BCUT2D eigenvalue weighted by Gasteiger charge is 2.16. The number of hydrogen-bond donors (Lipinski definition) is 2. The van der Waals surface area contributed by atoms with E-state index < -0.39 is 22.3 Å². The summed E-state index contributed by atoms with van der Waals surface area (Å²) in [5.41, 5.74) is -0.554. The fourth-order valence-corrected chi connectivity index (χ4v) is 2.14. The van der Waals surface area contributed by atoms with Crippen LogP contribution in [-0.4, -0.2) is 27.6 Å². The number of non-ortho nitro benzene ring substituents is 1. The molecule has 0 atom stereocenters. The Morgan fingerprint density at radius 1 is 1.48 bits per heavy atom. The van der Waals surface area contributed by atoms with E-state index in [9.17, 15) is 19.3 Å². The smallest absolute Gasteiger partial charge is 0.286 e. The Morgan fingerprint density at radius 2 is 2.24 bits per heavy atom. The fourth-order valence-electron chi connectivity index (χ4n) is 1.43. The molecule has 0 spiro atoms. The van der Waals surface area contributed by atoms with Crippen LogP contribution in [0.3, 0.4) is 0 Å². The highest BCUT2D eigenvalue weighted by atomic mass is 32.1. The van der Waals surface area contributed by atoms with E-state index in [0.717, 1.165) is 29.5 Å². The van der Waals surface area contributed by atoms with Crippen molar-refractivity contribution < 1.29 is 14.1 Å². The molecule has 8 nitrogen and oxygen atoms in total. The van der Waals surface area contributed by atoms with E-state index in [1.807, 2.05) is 6.92 Å². The zero-order chi connectivity index (χ0) is 15.4. The first-order chi connectivity index (χ1) is 10.0. The minimum atomic E-state index is -0.894. The molecule has 110 valence electrons. The second kappa shape index (κ2) is 6.22. The van der Waals surface area contributed by atoms with Crippen LogP contribution in [0.5, 0.6) is 0 Å². The Balaban J connectivity index is 2.13. The first kappa shape index (κ1) is 14.8. The van der Waals surface area contributed by atoms with Gasteiger partial charge in [0.25, 0.3) is 11.6 Å². The maximum atomic E-state index is 13.6. The molecular weight excluding hydrogens is 301 g/mol. The highest BCUT2D eigenvalue weighted by molar-refractivity contribution is 7.17. The predicted octanol–water partition coefficient (Wildman–Crippen LogP) is 2.27. The molecule has 10 heteroatoms. The Morgan fingerprint density at radius 3 is 2.86 bits per heavy atom. The summed E-state index contributed by atoms with van der Waals surface area (Å²) in [4.78, 5) is 21.7. The van der Waals surface area contributed by atoms with Gasteiger partial charge in [0.2, 0.25) is 10.1 Å². The van der Waals surface area contributed by atoms with E-state index in [4.69, 9.17) is 0 Å². The van der Waals surface area contributed by atoms with E-state index in [0.29, 0.717) is 11.7 Å². The van der Waals surface area contributed by atoms with Gasteiger partial charge in [-0.1, -0.05) is 11.3 Å². The molecule has 0 fully saturated rings. The van der Waals surface area contributed by atoms with E-state index in [-0.39, 0.29) is 10.7 Å². The second-order valence-electron chi connectivity index (χ2n) is 3.82. The summed E-state index contributed by atoms with van der Waals surface area (Å²) in [6, 6.07) is 2.96. The minimum absolute atomic E-state index is 0.0590. The van der Waals surface area contributed by atoms with Crippen LogP contribution >= 0.6 is 11.3 Å². The van der Waals surface area contributed by atoms with E-state index in [2.05, 4.69) is 20.8 Å². The lowest BCUT2D eigenvalue weighted by Crippen LogP contribution is -2.12. The van der Waals surface area contributed by atoms with E-state index >= 15 is 0 Å².